The first kappa shape index (κ1) is 24.9. The van der Waals surface area contributed by atoms with Crippen LogP contribution in [-0.2, 0) is 32.3 Å². The van der Waals surface area contributed by atoms with Crippen molar-refractivity contribution in [3.05, 3.63) is 59.7 Å². The summed E-state index contributed by atoms with van der Waals surface area (Å²) < 4.78 is 11.2. The summed E-state index contributed by atoms with van der Waals surface area (Å²) in [4.78, 5) is 23.4. The second-order valence-corrected chi connectivity index (χ2v) is 8.63. The maximum atomic E-state index is 11.7. The molecule has 0 aliphatic rings. The van der Waals surface area contributed by atoms with E-state index in [0.717, 1.165) is 45.8 Å². The fourth-order valence-electron chi connectivity index (χ4n) is 2.92. The quantitative estimate of drug-likeness (QED) is 0.265. The molecule has 2 rings (SSSR count). The summed E-state index contributed by atoms with van der Waals surface area (Å²) in [6.45, 7) is 1.12. The van der Waals surface area contributed by atoms with E-state index in [1.165, 1.54) is 0 Å². The van der Waals surface area contributed by atoms with Gasteiger partial charge in [0.25, 0.3) is 0 Å². The number of benzene rings is 2. The van der Waals surface area contributed by atoms with Gasteiger partial charge in [0.05, 0.1) is 13.2 Å². The molecule has 0 N–H and O–H groups in total. The zero-order valence-electron chi connectivity index (χ0n) is 17.1. The van der Waals surface area contributed by atoms with Gasteiger partial charge >= 0.3 is 0 Å². The van der Waals surface area contributed by atoms with E-state index in [-0.39, 0.29) is 24.8 Å². The fourth-order valence-corrected chi connectivity index (χ4v) is 3.48. The molecule has 30 heavy (non-hydrogen) atoms. The molecule has 0 aromatic heterocycles. The molecule has 0 atom stereocenters. The van der Waals surface area contributed by atoms with Crippen LogP contribution in [0.1, 0.15) is 36.8 Å². The average molecular weight is 540 g/mol. The van der Waals surface area contributed by atoms with Crippen molar-refractivity contribution in [1.29, 1.82) is 0 Å². The predicted molar refractivity (Wildman–Crippen MR) is 127 cm³/mol. The van der Waals surface area contributed by atoms with E-state index in [1.807, 2.05) is 24.3 Å². The molecular weight excluding hydrogens is 512 g/mol. The Kier molecular flexibility index (Phi) is 12.2. The molecule has 0 amide bonds. The Morgan fingerprint density at radius 2 is 1.13 bits per heavy atom. The predicted octanol–water partition coefficient (Wildman–Crippen LogP) is 5.88. The van der Waals surface area contributed by atoms with Crippen LogP contribution < -0.4 is 0 Å². The van der Waals surface area contributed by atoms with Crippen molar-refractivity contribution in [2.75, 3.05) is 23.9 Å². The highest BCUT2D eigenvalue weighted by Gasteiger charge is 2.06. The molecule has 2 aromatic carbocycles. The maximum Gasteiger partial charge on any atom is 0.158 e. The van der Waals surface area contributed by atoms with Crippen LogP contribution in [-0.4, -0.2) is 35.4 Å². The minimum Gasteiger partial charge on any atom is -0.369 e. The summed E-state index contributed by atoms with van der Waals surface area (Å²) in [5.74, 6) is 0.257. The zero-order chi connectivity index (χ0) is 21.6. The molecule has 0 heterocycles. The zero-order valence-corrected chi connectivity index (χ0v) is 20.3. The first-order chi connectivity index (χ1) is 14.6. The Morgan fingerprint density at radius 1 is 0.700 bits per heavy atom. The number of hydrogen-bond acceptors (Lipinski definition) is 4. The van der Waals surface area contributed by atoms with Gasteiger partial charge in [-0.1, -0.05) is 68.3 Å². The lowest BCUT2D eigenvalue weighted by Gasteiger charge is -2.09. The smallest absolute Gasteiger partial charge is 0.158 e. The highest BCUT2D eigenvalue weighted by atomic mass is 79.9. The van der Waals surface area contributed by atoms with Gasteiger partial charge in [-0.05, 0) is 47.2 Å². The lowest BCUT2D eigenvalue weighted by molar-refractivity contribution is -0.124. The van der Waals surface area contributed by atoms with Gasteiger partial charge in [0.2, 0.25) is 0 Å². The Balaban J connectivity index is 1.88. The van der Waals surface area contributed by atoms with Crippen molar-refractivity contribution in [2.45, 2.75) is 38.9 Å². The SMILES string of the molecule is O=C(CCCBr)COCc1cccc(-c2cccc(COCC(=O)CCCBr)c2)c1. The summed E-state index contributed by atoms with van der Waals surface area (Å²) in [6.07, 6.45) is 2.76. The lowest BCUT2D eigenvalue weighted by Crippen LogP contribution is -2.08. The Hall–Kier alpha value is -1.34. The van der Waals surface area contributed by atoms with Gasteiger partial charge in [0.1, 0.15) is 13.2 Å². The number of carbonyl (C=O) groups is 2. The molecule has 0 fully saturated rings. The maximum absolute atomic E-state index is 11.7. The van der Waals surface area contributed by atoms with E-state index in [2.05, 4.69) is 56.1 Å². The van der Waals surface area contributed by atoms with Crippen LogP contribution in [0, 0.1) is 0 Å². The van der Waals surface area contributed by atoms with Crippen LogP contribution in [0.25, 0.3) is 11.1 Å². The number of rotatable bonds is 15. The molecule has 2 aromatic rings. The number of carbonyl (C=O) groups excluding carboxylic acids is 2. The van der Waals surface area contributed by atoms with Crippen molar-refractivity contribution >= 4 is 43.4 Å². The average Bonchev–Trinajstić information content (AvgIpc) is 2.76. The van der Waals surface area contributed by atoms with Gasteiger partial charge in [0.15, 0.2) is 11.6 Å². The first-order valence-corrected chi connectivity index (χ1v) is 12.4. The number of ether oxygens (including phenoxy) is 2. The summed E-state index contributed by atoms with van der Waals surface area (Å²) in [5.41, 5.74) is 4.22. The van der Waals surface area contributed by atoms with Gasteiger partial charge in [-0.3, -0.25) is 9.59 Å². The molecule has 0 aliphatic heterocycles. The van der Waals surface area contributed by atoms with Crippen molar-refractivity contribution in [2.24, 2.45) is 0 Å². The third kappa shape index (κ3) is 9.65. The van der Waals surface area contributed by atoms with Crippen LogP contribution in [0.3, 0.4) is 0 Å². The second kappa shape index (κ2) is 14.6. The van der Waals surface area contributed by atoms with Crippen LogP contribution in [0.4, 0.5) is 0 Å². The third-order valence-corrected chi connectivity index (χ3v) is 5.55. The van der Waals surface area contributed by atoms with E-state index < -0.39 is 0 Å². The second-order valence-electron chi connectivity index (χ2n) is 7.05. The van der Waals surface area contributed by atoms with Crippen molar-refractivity contribution in [3.63, 3.8) is 0 Å². The van der Waals surface area contributed by atoms with Crippen LogP contribution >= 0.6 is 31.9 Å². The first-order valence-electron chi connectivity index (χ1n) is 10.1. The number of halogens is 2. The lowest BCUT2D eigenvalue weighted by atomic mass is 10.0. The van der Waals surface area contributed by atoms with Gasteiger partial charge in [-0.15, -0.1) is 0 Å². The minimum atomic E-state index is 0.129. The summed E-state index contributed by atoms with van der Waals surface area (Å²) in [5, 5.41) is 1.66. The van der Waals surface area contributed by atoms with Gasteiger partial charge in [-0.2, -0.15) is 0 Å². The Labute approximate surface area is 195 Å². The van der Waals surface area contributed by atoms with E-state index in [0.29, 0.717) is 26.1 Å². The Bertz CT molecular complexity index is 740. The van der Waals surface area contributed by atoms with Crippen molar-refractivity contribution in [3.8, 4) is 11.1 Å². The summed E-state index contributed by atoms with van der Waals surface area (Å²) in [7, 11) is 0. The molecule has 4 nitrogen and oxygen atoms in total. The third-order valence-electron chi connectivity index (χ3n) is 4.43. The van der Waals surface area contributed by atoms with E-state index in [9.17, 15) is 9.59 Å². The van der Waals surface area contributed by atoms with E-state index in [1.54, 1.807) is 0 Å². The molecular formula is C24H28Br2O4. The topological polar surface area (TPSA) is 52.6 Å². The summed E-state index contributed by atoms with van der Waals surface area (Å²) >= 11 is 6.66. The highest BCUT2D eigenvalue weighted by Crippen LogP contribution is 2.22. The van der Waals surface area contributed by atoms with Gasteiger partial charge in [-0.25, -0.2) is 0 Å². The van der Waals surface area contributed by atoms with Crippen molar-refractivity contribution < 1.29 is 19.1 Å². The normalized spacial score (nSPS) is 10.9. The van der Waals surface area contributed by atoms with Crippen molar-refractivity contribution in [1.82, 2.24) is 0 Å². The number of ketones is 2. The standard InChI is InChI=1S/C24H28Br2O4/c25-11-3-9-23(27)17-29-15-19-5-1-7-21(13-19)22-8-2-6-20(14-22)16-30-18-24(28)10-4-12-26/h1-2,5-8,13-14H,3-4,9-12,15-18H2. The fraction of sp³-hybridized carbons (Fsp3) is 0.417. The molecule has 162 valence electrons. The molecule has 0 unspecified atom stereocenters. The van der Waals surface area contributed by atoms with E-state index >= 15 is 0 Å². The number of hydrogen-bond donors (Lipinski definition) is 0. The molecule has 0 saturated heterocycles. The van der Waals surface area contributed by atoms with Gasteiger partial charge in [0, 0.05) is 23.5 Å². The molecule has 0 bridgehead atoms. The Morgan fingerprint density at radius 3 is 1.53 bits per heavy atom. The largest absolute Gasteiger partial charge is 0.369 e. The minimum absolute atomic E-state index is 0.129. The van der Waals surface area contributed by atoms with Crippen LogP contribution in [0.5, 0.6) is 0 Å². The monoisotopic (exact) mass is 538 g/mol. The molecule has 0 saturated carbocycles. The molecule has 0 spiro atoms. The van der Waals surface area contributed by atoms with E-state index in [4.69, 9.17) is 9.47 Å². The number of Topliss-reactive ketones (excluding diaryl/α,β-unsaturated/α-hetero) is 2. The van der Waals surface area contributed by atoms with Gasteiger partial charge < -0.3 is 9.47 Å². The highest BCUT2D eigenvalue weighted by molar-refractivity contribution is 9.09. The summed E-state index contributed by atoms with van der Waals surface area (Å²) in [6, 6.07) is 16.2. The van der Waals surface area contributed by atoms with Crippen LogP contribution in [0.15, 0.2) is 48.5 Å². The molecule has 0 radical (unpaired) electrons. The molecule has 6 heteroatoms. The number of alkyl halides is 2. The molecule has 0 aliphatic carbocycles. The van der Waals surface area contributed by atoms with Crippen LogP contribution in [0.2, 0.25) is 0 Å².